The second-order valence-corrected chi connectivity index (χ2v) is 6.57. The Morgan fingerprint density at radius 1 is 1.35 bits per heavy atom. The fourth-order valence-electron chi connectivity index (χ4n) is 4.24. The number of allylic oxidation sites excluding steroid dienone is 5. The standard InChI is InChI=1S/C21H21BN2.C2H6/c1-3-6-13(7-4-2)19-15-9-5-8-14(15)17-12-18(22)21-16(10-11-23-21)20(17)24-19;1-2/h3-8,10-12,14-15,19,23-24H,1,9H2,2H3;1-2H3/b7-4-,13-6+;. The van der Waals surface area contributed by atoms with Gasteiger partial charge in [-0.2, -0.15) is 0 Å². The van der Waals surface area contributed by atoms with E-state index in [0.717, 1.165) is 17.4 Å². The molecule has 2 aliphatic rings. The van der Waals surface area contributed by atoms with E-state index in [4.69, 9.17) is 7.85 Å². The molecule has 0 spiro atoms. The van der Waals surface area contributed by atoms with Crippen LogP contribution in [0.15, 0.2) is 66.9 Å². The van der Waals surface area contributed by atoms with E-state index >= 15 is 0 Å². The van der Waals surface area contributed by atoms with Gasteiger partial charge in [-0.1, -0.05) is 68.4 Å². The van der Waals surface area contributed by atoms with E-state index in [1.54, 1.807) is 0 Å². The van der Waals surface area contributed by atoms with Crippen molar-refractivity contribution in [3.8, 4) is 0 Å². The Labute approximate surface area is 158 Å². The second-order valence-electron chi connectivity index (χ2n) is 6.57. The van der Waals surface area contributed by atoms with Crippen molar-refractivity contribution in [3.63, 3.8) is 0 Å². The summed E-state index contributed by atoms with van der Waals surface area (Å²) >= 11 is 0. The molecule has 2 aromatic rings. The zero-order valence-corrected chi connectivity index (χ0v) is 15.9. The van der Waals surface area contributed by atoms with E-state index < -0.39 is 0 Å². The lowest BCUT2D eigenvalue weighted by Gasteiger charge is -2.38. The monoisotopic (exact) mass is 342 g/mol. The maximum Gasteiger partial charge on any atom is 0.116 e. The Bertz CT molecular complexity index is 885. The van der Waals surface area contributed by atoms with Crippen molar-refractivity contribution in [1.82, 2.24) is 4.98 Å². The van der Waals surface area contributed by atoms with E-state index in [1.807, 2.05) is 26.1 Å². The molecule has 3 unspecified atom stereocenters. The highest BCUT2D eigenvalue weighted by Crippen LogP contribution is 2.48. The van der Waals surface area contributed by atoms with Crippen LogP contribution in [0.1, 0.15) is 38.7 Å². The Hall–Kier alpha value is -2.42. The smallest absolute Gasteiger partial charge is 0.116 e. The molecule has 26 heavy (non-hydrogen) atoms. The summed E-state index contributed by atoms with van der Waals surface area (Å²) in [4.78, 5) is 3.26. The Kier molecular flexibility index (Phi) is 5.56. The summed E-state index contributed by atoms with van der Waals surface area (Å²) in [5, 5.41) is 4.98. The van der Waals surface area contributed by atoms with Crippen molar-refractivity contribution >= 4 is 29.9 Å². The lowest BCUT2D eigenvalue weighted by Crippen LogP contribution is -2.37. The molecule has 0 bridgehead atoms. The molecule has 2 radical (unpaired) electrons. The molecule has 0 amide bonds. The average Bonchev–Trinajstić information content (AvgIpc) is 3.33. The summed E-state index contributed by atoms with van der Waals surface area (Å²) in [6.45, 7) is 9.94. The van der Waals surface area contributed by atoms with Crippen LogP contribution in [0.3, 0.4) is 0 Å². The minimum absolute atomic E-state index is 0.272. The largest absolute Gasteiger partial charge is 0.377 e. The van der Waals surface area contributed by atoms with Crippen LogP contribution in [-0.4, -0.2) is 18.9 Å². The first kappa shape index (κ1) is 18.4. The minimum atomic E-state index is 0.272. The van der Waals surface area contributed by atoms with Crippen LogP contribution < -0.4 is 10.8 Å². The topological polar surface area (TPSA) is 27.8 Å². The number of hydrogen-bond acceptors (Lipinski definition) is 1. The van der Waals surface area contributed by atoms with Gasteiger partial charge in [0.05, 0.1) is 6.04 Å². The van der Waals surface area contributed by atoms with Crippen molar-refractivity contribution in [2.24, 2.45) is 5.92 Å². The van der Waals surface area contributed by atoms with Gasteiger partial charge in [-0.25, -0.2) is 0 Å². The molecule has 0 saturated carbocycles. The van der Waals surface area contributed by atoms with Gasteiger partial charge in [-0.15, -0.1) is 0 Å². The van der Waals surface area contributed by atoms with E-state index in [1.165, 1.54) is 22.2 Å². The summed E-state index contributed by atoms with van der Waals surface area (Å²) < 4.78 is 0. The van der Waals surface area contributed by atoms with Crippen molar-refractivity contribution in [2.75, 3.05) is 5.32 Å². The maximum absolute atomic E-state index is 6.28. The molecule has 2 heterocycles. The van der Waals surface area contributed by atoms with Gasteiger partial charge in [0.15, 0.2) is 0 Å². The molecule has 4 rings (SSSR count). The lowest BCUT2D eigenvalue weighted by atomic mass is 9.74. The van der Waals surface area contributed by atoms with Gasteiger partial charge in [0.25, 0.3) is 0 Å². The van der Waals surface area contributed by atoms with Crippen LogP contribution in [0.5, 0.6) is 0 Å². The van der Waals surface area contributed by atoms with Crippen molar-refractivity contribution in [1.29, 1.82) is 0 Å². The SMILES string of the molecule is CC.[B]c1cc2c(c3cc[nH]c13)NC(C(/C=C\C)=C/C=C)C1CC=CC21. The van der Waals surface area contributed by atoms with Gasteiger partial charge in [0.2, 0.25) is 0 Å². The van der Waals surface area contributed by atoms with Crippen LogP contribution in [0.4, 0.5) is 5.69 Å². The third-order valence-electron chi connectivity index (χ3n) is 5.23. The molecular weight excluding hydrogens is 315 g/mol. The third-order valence-corrected chi connectivity index (χ3v) is 5.23. The van der Waals surface area contributed by atoms with Crippen LogP contribution in [-0.2, 0) is 0 Å². The highest BCUT2D eigenvalue weighted by molar-refractivity contribution is 6.39. The summed E-state index contributed by atoms with van der Waals surface area (Å²) in [6, 6.07) is 4.52. The van der Waals surface area contributed by atoms with Gasteiger partial charge in [0, 0.05) is 28.7 Å². The minimum Gasteiger partial charge on any atom is -0.377 e. The fraction of sp³-hybridized carbons (Fsp3) is 0.304. The molecule has 3 heteroatoms. The molecule has 0 saturated heterocycles. The highest BCUT2D eigenvalue weighted by Gasteiger charge is 2.38. The normalized spacial score (nSPS) is 24.0. The first-order valence-electron chi connectivity index (χ1n) is 9.52. The summed E-state index contributed by atoms with van der Waals surface area (Å²) in [5.74, 6) is 0.919. The number of aromatic nitrogens is 1. The van der Waals surface area contributed by atoms with Crippen LogP contribution >= 0.6 is 0 Å². The van der Waals surface area contributed by atoms with Gasteiger partial charge < -0.3 is 10.3 Å². The van der Waals surface area contributed by atoms with Gasteiger partial charge in [0.1, 0.15) is 7.85 Å². The fourth-order valence-corrected chi connectivity index (χ4v) is 4.24. The van der Waals surface area contributed by atoms with E-state index in [-0.39, 0.29) is 6.04 Å². The summed E-state index contributed by atoms with van der Waals surface area (Å²) in [5.41, 5.74) is 5.63. The van der Waals surface area contributed by atoms with Crippen molar-refractivity contribution < 1.29 is 0 Å². The van der Waals surface area contributed by atoms with Gasteiger partial charge in [-0.05, 0) is 36.5 Å². The molecular formula is C23H27BN2. The number of hydrogen-bond donors (Lipinski definition) is 2. The summed E-state index contributed by atoms with van der Waals surface area (Å²) in [6.07, 6.45) is 16.0. The number of rotatable bonds is 3. The Balaban J connectivity index is 0.000000948. The zero-order chi connectivity index (χ0) is 18.7. The van der Waals surface area contributed by atoms with Crippen molar-refractivity contribution in [2.45, 2.75) is 39.2 Å². The molecule has 1 aliphatic carbocycles. The van der Waals surface area contributed by atoms with Gasteiger partial charge >= 0.3 is 0 Å². The quantitative estimate of drug-likeness (QED) is 0.452. The Morgan fingerprint density at radius 2 is 2.15 bits per heavy atom. The summed E-state index contributed by atoms with van der Waals surface area (Å²) in [7, 11) is 6.28. The van der Waals surface area contributed by atoms with E-state index in [2.05, 4.69) is 66.3 Å². The van der Waals surface area contributed by atoms with E-state index in [0.29, 0.717) is 11.8 Å². The zero-order valence-electron chi connectivity index (χ0n) is 15.9. The first-order chi connectivity index (χ1) is 12.7. The first-order valence-corrected chi connectivity index (χ1v) is 9.52. The molecule has 1 aromatic carbocycles. The molecule has 1 aromatic heterocycles. The molecule has 2 nitrogen and oxygen atoms in total. The van der Waals surface area contributed by atoms with Crippen molar-refractivity contribution in [3.05, 3.63) is 72.5 Å². The number of H-pyrrole nitrogens is 1. The highest BCUT2D eigenvalue weighted by atomic mass is 15.0. The van der Waals surface area contributed by atoms with Gasteiger partial charge in [-0.3, -0.25) is 0 Å². The number of anilines is 1. The lowest BCUT2D eigenvalue weighted by molar-refractivity contribution is 0.456. The molecule has 1 aliphatic heterocycles. The van der Waals surface area contributed by atoms with Crippen LogP contribution in [0.25, 0.3) is 10.9 Å². The predicted molar refractivity (Wildman–Crippen MR) is 116 cm³/mol. The molecule has 132 valence electrons. The molecule has 2 N–H and O–H groups in total. The maximum atomic E-state index is 6.28. The number of nitrogens with one attached hydrogen (secondary N) is 2. The van der Waals surface area contributed by atoms with Crippen LogP contribution in [0, 0.1) is 5.92 Å². The molecule has 3 atom stereocenters. The predicted octanol–water partition coefficient (Wildman–Crippen LogP) is 5.13. The number of aromatic amines is 1. The number of fused-ring (bicyclic) bond motifs is 5. The van der Waals surface area contributed by atoms with E-state index in [9.17, 15) is 0 Å². The molecule has 0 fully saturated rings. The average molecular weight is 342 g/mol. The third kappa shape index (κ3) is 2.96. The Morgan fingerprint density at radius 3 is 2.88 bits per heavy atom. The van der Waals surface area contributed by atoms with Crippen LogP contribution in [0.2, 0.25) is 0 Å². The number of benzene rings is 1. The second kappa shape index (κ2) is 7.86.